The van der Waals surface area contributed by atoms with Crippen LogP contribution in [0.15, 0.2) is 41.3 Å². The average molecular weight is 341 g/mol. The van der Waals surface area contributed by atoms with Crippen LogP contribution in [0.4, 0.5) is 5.69 Å². The second-order valence-electron chi connectivity index (χ2n) is 5.80. The SMILES string of the molecule is CCN(CC)C(=O)c1cc(NC(=O)c2ccccc2C)c(=O)n(C)c1. The predicted molar refractivity (Wildman–Crippen MR) is 98.1 cm³/mol. The number of anilines is 1. The topological polar surface area (TPSA) is 71.4 Å². The fourth-order valence-electron chi connectivity index (χ4n) is 2.63. The Bertz CT molecular complexity index is 851. The van der Waals surface area contributed by atoms with Crippen molar-refractivity contribution >= 4 is 17.5 Å². The van der Waals surface area contributed by atoms with E-state index in [0.29, 0.717) is 24.2 Å². The van der Waals surface area contributed by atoms with E-state index < -0.39 is 0 Å². The van der Waals surface area contributed by atoms with E-state index in [1.165, 1.54) is 16.8 Å². The van der Waals surface area contributed by atoms with Gasteiger partial charge in [0.25, 0.3) is 17.4 Å². The van der Waals surface area contributed by atoms with Crippen molar-refractivity contribution in [2.75, 3.05) is 18.4 Å². The van der Waals surface area contributed by atoms with Gasteiger partial charge in [-0.05, 0) is 38.5 Å². The number of amides is 2. The quantitative estimate of drug-likeness (QED) is 0.908. The molecule has 0 aliphatic heterocycles. The van der Waals surface area contributed by atoms with E-state index in [1.807, 2.05) is 32.9 Å². The molecule has 0 fully saturated rings. The zero-order valence-electron chi connectivity index (χ0n) is 15.0. The van der Waals surface area contributed by atoms with Gasteiger partial charge in [-0.1, -0.05) is 18.2 Å². The van der Waals surface area contributed by atoms with Gasteiger partial charge in [0.2, 0.25) is 0 Å². The lowest BCUT2D eigenvalue weighted by atomic mass is 10.1. The Morgan fingerprint density at radius 3 is 2.40 bits per heavy atom. The summed E-state index contributed by atoms with van der Waals surface area (Å²) in [5.74, 6) is -0.547. The summed E-state index contributed by atoms with van der Waals surface area (Å²) < 4.78 is 1.31. The summed E-state index contributed by atoms with van der Waals surface area (Å²) >= 11 is 0. The van der Waals surface area contributed by atoms with Crippen LogP contribution < -0.4 is 10.9 Å². The second-order valence-corrected chi connectivity index (χ2v) is 5.80. The van der Waals surface area contributed by atoms with Crippen molar-refractivity contribution < 1.29 is 9.59 Å². The summed E-state index contributed by atoms with van der Waals surface area (Å²) in [4.78, 5) is 39.0. The molecule has 1 N–H and O–H groups in total. The van der Waals surface area contributed by atoms with Crippen LogP contribution in [0.5, 0.6) is 0 Å². The molecule has 6 heteroatoms. The minimum absolute atomic E-state index is 0.0914. The van der Waals surface area contributed by atoms with E-state index in [9.17, 15) is 14.4 Å². The van der Waals surface area contributed by atoms with Gasteiger partial charge in [0.1, 0.15) is 5.69 Å². The third-order valence-corrected chi connectivity index (χ3v) is 4.12. The molecule has 2 aromatic rings. The van der Waals surface area contributed by atoms with Crippen molar-refractivity contribution in [1.29, 1.82) is 0 Å². The molecule has 0 radical (unpaired) electrons. The van der Waals surface area contributed by atoms with Gasteiger partial charge in [0.05, 0.1) is 5.56 Å². The molecule has 0 aliphatic rings. The molecule has 2 rings (SSSR count). The van der Waals surface area contributed by atoms with Gasteiger partial charge >= 0.3 is 0 Å². The van der Waals surface area contributed by atoms with Crippen LogP contribution >= 0.6 is 0 Å². The lowest BCUT2D eigenvalue weighted by molar-refractivity contribution is 0.0771. The molecule has 0 aliphatic carbocycles. The molecule has 0 saturated carbocycles. The van der Waals surface area contributed by atoms with Crippen molar-refractivity contribution in [2.24, 2.45) is 7.05 Å². The highest BCUT2D eigenvalue weighted by atomic mass is 16.2. The number of carbonyl (C=O) groups excluding carboxylic acids is 2. The molecular formula is C19H23N3O3. The van der Waals surface area contributed by atoms with Crippen LogP contribution in [-0.2, 0) is 7.05 Å². The number of aryl methyl sites for hydroxylation is 2. The molecule has 2 amide bonds. The molecule has 25 heavy (non-hydrogen) atoms. The Hall–Kier alpha value is -2.89. The van der Waals surface area contributed by atoms with Crippen molar-refractivity contribution in [1.82, 2.24) is 9.47 Å². The van der Waals surface area contributed by atoms with Gasteiger partial charge in [-0.3, -0.25) is 14.4 Å². The largest absolute Gasteiger partial charge is 0.339 e. The second kappa shape index (κ2) is 7.79. The fourth-order valence-corrected chi connectivity index (χ4v) is 2.63. The van der Waals surface area contributed by atoms with E-state index in [2.05, 4.69) is 5.32 Å². The smallest absolute Gasteiger partial charge is 0.274 e. The maximum Gasteiger partial charge on any atom is 0.274 e. The number of rotatable bonds is 5. The minimum Gasteiger partial charge on any atom is -0.339 e. The Balaban J connectivity index is 2.38. The van der Waals surface area contributed by atoms with Gasteiger partial charge in [-0.2, -0.15) is 0 Å². The van der Waals surface area contributed by atoms with E-state index in [-0.39, 0.29) is 23.1 Å². The highest BCUT2D eigenvalue weighted by molar-refractivity contribution is 6.05. The van der Waals surface area contributed by atoms with Crippen molar-refractivity contribution in [2.45, 2.75) is 20.8 Å². The molecule has 0 spiro atoms. The van der Waals surface area contributed by atoms with E-state index in [1.54, 1.807) is 24.1 Å². The lowest BCUT2D eigenvalue weighted by Gasteiger charge is -2.19. The molecule has 1 aromatic heterocycles. The Labute approximate surface area is 147 Å². The maximum atomic E-state index is 12.5. The molecule has 6 nitrogen and oxygen atoms in total. The van der Waals surface area contributed by atoms with Crippen LogP contribution in [-0.4, -0.2) is 34.4 Å². The molecule has 1 aromatic carbocycles. The van der Waals surface area contributed by atoms with Gasteiger partial charge in [0.15, 0.2) is 0 Å². The van der Waals surface area contributed by atoms with E-state index in [4.69, 9.17) is 0 Å². The van der Waals surface area contributed by atoms with Crippen molar-refractivity contribution in [3.8, 4) is 0 Å². The number of pyridine rings is 1. The number of carbonyl (C=O) groups is 2. The number of nitrogens with one attached hydrogen (secondary N) is 1. The van der Waals surface area contributed by atoms with Gasteiger partial charge in [0, 0.05) is 31.9 Å². The summed E-state index contributed by atoms with van der Waals surface area (Å²) in [7, 11) is 1.56. The van der Waals surface area contributed by atoms with E-state index in [0.717, 1.165) is 5.56 Å². The average Bonchev–Trinajstić information content (AvgIpc) is 2.59. The Morgan fingerprint density at radius 1 is 1.16 bits per heavy atom. The summed E-state index contributed by atoms with van der Waals surface area (Å²) in [6.45, 7) is 6.76. The molecule has 0 unspecified atom stereocenters. The molecular weight excluding hydrogens is 318 g/mol. The standard InChI is InChI=1S/C19H23N3O3/c1-5-22(6-2)18(24)14-11-16(19(25)21(4)12-14)20-17(23)15-10-8-7-9-13(15)3/h7-12H,5-6H2,1-4H3,(H,20,23). The van der Waals surface area contributed by atoms with E-state index >= 15 is 0 Å². The molecule has 0 atom stereocenters. The summed E-state index contributed by atoms with van der Waals surface area (Å²) in [6, 6.07) is 8.57. The molecule has 0 bridgehead atoms. The normalized spacial score (nSPS) is 10.4. The lowest BCUT2D eigenvalue weighted by Crippen LogP contribution is -2.32. The van der Waals surface area contributed by atoms with Crippen molar-refractivity contribution in [3.05, 3.63) is 63.6 Å². The van der Waals surface area contributed by atoms with Crippen molar-refractivity contribution in [3.63, 3.8) is 0 Å². The van der Waals surface area contributed by atoms with Crippen LogP contribution in [0.2, 0.25) is 0 Å². The molecule has 132 valence electrons. The molecule has 0 saturated heterocycles. The summed E-state index contributed by atoms with van der Waals surface area (Å²) in [5, 5.41) is 2.64. The third-order valence-electron chi connectivity index (χ3n) is 4.12. The first-order valence-corrected chi connectivity index (χ1v) is 8.26. The third kappa shape index (κ3) is 3.96. The fraction of sp³-hybridized carbons (Fsp3) is 0.316. The molecule has 1 heterocycles. The first-order chi connectivity index (χ1) is 11.9. The van der Waals surface area contributed by atoms with Crippen LogP contribution in [0.1, 0.15) is 40.1 Å². The van der Waals surface area contributed by atoms with Gasteiger partial charge < -0.3 is 14.8 Å². The predicted octanol–water partition coefficient (Wildman–Crippen LogP) is 2.43. The van der Waals surface area contributed by atoms with Gasteiger partial charge in [-0.15, -0.1) is 0 Å². The maximum absolute atomic E-state index is 12.5. The van der Waals surface area contributed by atoms with Crippen LogP contribution in [0, 0.1) is 6.92 Å². The first kappa shape index (κ1) is 18.4. The number of aromatic nitrogens is 1. The van der Waals surface area contributed by atoms with Gasteiger partial charge in [-0.25, -0.2) is 0 Å². The number of benzene rings is 1. The summed E-state index contributed by atoms with van der Waals surface area (Å²) in [6.07, 6.45) is 1.49. The monoisotopic (exact) mass is 341 g/mol. The summed E-state index contributed by atoms with van der Waals surface area (Å²) in [5.41, 5.74) is 1.40. The Morgan fingerprint density at radius 2 is 1.80 bits per heavy atom. The highest BCUT2D eigenvalue weighted by Gasteiger charge is 2.17. The number of hydrogen-bond acceptors (Lipinski definition) is 3. The minimum atomic E-state index is -0.373. The van der Waals surface area contributed by atoms with Crippen LogP contribution in [0.3, 0.4) is 0 Å². The highest BCUT2D eigenvalue weighted by Crippen LogP contribution is 2.12. The zero-order valence-corrected chi connectivity index (χ0v) is 15.0. The first-order valence-electron chi connectivity index (χ1n) is 8.26. The zero-order chi connectivity index (χ0) is 18.6. The number of nitrogens with zero attached hydrogens (tertiary/aromatic N) is 2. The Kier molecular flexibility index (Phi) is 5.75. The number of hydrogen-bond donors (Lipinski definition) is 1. The van der Waals surface area contributed by atoms with Crippen LogP contribution in [0.25, 0.3) is 0 Å².